The second-order valence-electron chi connectivity index (χ2n) is 7.84. The first kappa shape index (κ1) is 16.2. The summed E-state index contributed by atoms with van der Waals surface area (Å²) >= 11 is 0. The average molecular weight is 355 g/mol. The molecule has 0 amide bonds. The lowest BCUT2D eigenvalue weighted by Gasteiger charge is -2.22. The Morgan fingerprint density at radius 3 is 2.59 bits per heavy atom. The summed E-state index contributed by atoms with van der Waals surface area (Å²) in [5.41, 5.74) is 8.29. The summed E-state index contributed by atoms with van der Waals surface area (Å²) in [4.78, 5) is 5.01. The van der Waals surface area contributed by atoms with Gasteiger partial charge >= 0.3 is 0 Å². The molecule has 1 aromatic heterocycles. The monoisotopic (exact) mass is 355 g/mol. The van der Waals surface area contributed by atoms with E-state index in [-0.39, 0.29) is 0 Å². The third-order valence-corrected chi connectivity index (χ3v) is 5.87. The summed E-state index contributed by atoms with van der Waals surface area (Å²) in [5, 5.41) is 2.40. The van der Waals surface area contributed by atoms with E-state index in [1.165, 1.54) is 33.0 Å². The van der Waals surface area contributed by atoms with Gasteiger partial charge in [-0.05, 0) is 47.9 Å². The molecule has 0 bridgehead atoms. The number of hydrogen-bond donors (Lipinski definition) is 0. The van der Waals surface area contributed by atoms with Gasteiger partial charge in [0.15, 0.2) is 0 Å². The predicted octanol–water partition coefficient (Wildman–Crippen LogP) is 5.73. The second kappa shape index (κ2) is 5.53. The zero-order valence-electron chi connectivity index (χ0n) is 16.4. The van der Waals surface area contributed by atoms with Crippen LogP contribution in [0.25, 0.3) is 33.1 Å². The molecule has 0 N–H and O–H groups in total. The molecule has 134 valence electrons. The van der Waals surface area contributed by atoms with Crippen molar-refractivity contribution in [2.24, 2.45) is 7.05 Å². The summed E-state index contributed by atoms with van der Waals surface area (Å²) in [6, 6.07) is 15.0. The van der Waals surface area contributed by atoms with Crippen LogP contribution in [0, 0.1) is 13.8 Å². The quantitative estimate of drug-likeness (QED) is 0.359. The molecular weight excluding hydrogens is 332 g/mol. The number of aromatic nitrogens is 2. The van der Waals surface area contributed by atoms with Crippen molar-refractivity contribution in [3.8, 4) is 22.9 Å². The summed E-state index contributed by atoms with van der Waals surface area (Å²) in [6.45, 7) is 8.80. The first-order valence-electron chi connectivity index (χ1n) is 9.51. The van der Waals surface area contributed by atoms with Gasteiger partial charge in [-0.3, -0.25) is 0 Å². The average Bonchev–Trinajstić information content (AvgIpc) is 2.64. The van der Waals surface area contributed by atoms with Crippen molar-refractivity contribution >= 4 is 21.8 Å². The number of nitrogens with zero attached hydrogens (tertiary/aromatic N) is 2. The Morgan fingerprint density at radius 1 is 1.04 bits per heavy atom. The van der Waals surface area contributed by atoms with Crippen LogP contribution < -0.4 is 9.30 Å². The number of aryl methyl sites for hydroxylation is 2. The highest BCUT2D eigenvalue weighted by molar-refractivity contribution is 6.04. The van der Waals surface area contributed by atoms with Gasteiger partial charge in [0, 0.05) is 11.5 Å². The summed E-state index contributed by atoms with van der Waals surface area (Å²) in [7, 11) is 2.12. The SMILES string of the molecule is Cc1cc2cccc3c2c(c1C)-c1c(nc2c(C(C)C)cccc2[n+]1C)O3. The highest BCUT2D eigenvalue weighted by Gasteiger charge is 2.33. The Hall–Kier alpha value is -2.94. The Kier molecular flexibility index (Phi) is 3.33. The fourth-order valence-electron chi connectivity index (χ4n) is 4.32. The zero-order valence-corrected chi connectivity index (χ0v) is 16.4. The number of ether oxygens (including phenoxy) is 1. The molecule has 1 aliphatic rings. The van der Waals surface area contributed by atoms with E-state index in [2.05, 4.69) is 75.7 Å². The molecule has 0 saturated carbocycles. The van der Waals surface area contributed by atoms with Crippen LogP contribution in [0.15, 0.2) is 42.5 Å². The minimum absolute atomic E-state index is 0.405. The normalized spacial score (nSPS) is 12.5. The minimum atomic E-state index is 0.405. The molecule has 0 aliphatic carbocycles. The molecule has 2 heterocycles. The molecule has 0 atom stereocenters. The van der Waals surface area contributed by atoms with Gasteiger partial charge in [-0.1, -0.05) is 44.2 Å². The van der Waals surface area contributed by atoms with Crippen molar-refractivity contribution in [2.45, 2.75) is 33.6 Å². The molecule has 0 radical (unpaired) electrons. The summed E-state index contributed by atoms with van der Waals surface area (Å²) < 4.78 is 8.59. The smallest absolute Gasteiger partial charge is 0.294 e. The molecule has 3 aromatic carbocycles. The fraction of sp³-hybridized carbons (Fsp3) is 0.250. The van der Waals surface area contributed by atoms with Gasteiger partial charge in [-0.25, -0.2) is 4.98 Å². The first-order chi connectivity index (χ1) is 13.0. The third kappa shape index (κ3) is 2.14. The molecule has 0 spiro atoms. The van der Waals surface area contributed by atoms with Crippen LogP contribution in [0.5, 0.6) is 11.6 Å². The van der Waals surface area contributed by atoms with Gasteiger partial charge < -0.3 is 4.74 Å². The van der Waals surface area contributed by atoms with E-state index in [0.717, 1.165) is 22.5 Å². The van der Waals surface area contributed by atoms with E-state index < -0.39 is 0 Å². The van der Waals surface area contributed by atoms with Crippen LogP contribution in [-0.4, -0.2) is 4.98 Å². The molecule has 4 aromatic rings. The molecular formula is C24H23N2O+. The Bertz CT molecular complexity index is 1250. The van der Waals surface area contributed by atoms with Crippen LogP contribution in [0.4, 0.5) is 0 Å². The standard InChI is InChI=1S/C24H23N2O/c1-13(2)17-9-7-10-18-22(17)25-24-23(26(18)5)20-15(4)14(3)12-16-8-6-11-19(27-24)21(16)20/h6-13H,1-5H3/q+1. The maximum Gasteiger partial charge on any atom is 0.294 e. The number of hydrogen-bond acceptors (Lipinski definition) is 2. The van der Waals surface area contributed by atoms with Crippen molar-refractivity contribution in [1.82, 2.24) is 4.98 Å². The number of benzene rings is 3. The molecule has 1 aliphatic heterocycles. The van der Waals surface area contributed by atoms with Crippen LogP contribution >= 0.6 is 0 Å². The van der Waals surface area contributed by atoms with Gasteiger partial charge in [0.1, 0.15) is 18.3 Å². The maximum absolute atomic E-state index is 6.34. The lowest BCUT2D eigenvalue weighted by Crippen LogP contribution is -2.34. The van der Waals surface area contributed by atoms with Crippen LogP contribution in [0.2, 0.25) is 0 Å². The van der Waals surface area contributed by atoms with Gasteiger partial charge in [0.25, 0.3) is 11.6 Å². The summed E-state index contributed by atoms with van der Waals surface area (Å²) in [5.74, 6) is 2.00. The predicted molar refractivity (Wildman–Crippen MR) is 109 cm³/mol. The Balaban J connectivity index is 1.98. The molecule has 3 heteroatoms. The number of para-hydroxylation sites is 1. The van der Waals surface area contributed by atoms with Crippen LogP contribution in [0.1, 0.15) is 36.5 Å². The van der Waals surface area contributed by atoms with E-state index in [1.807, 2.05) is 6.07 Å². The molecule has 0 unspecified atom stereocenters. The number of fused-ring (bicyclic) bond motifs is 3. The molecule has 27 heavy (non-hydrogen) atoms. The second-order valence-corrected chi connectivity index (χ2v) is 7.84. The van der Waals surface area contributed by atoms with Crippen LogP contribution in [0.3, 0.4) is 0 Å². The van der Waals surface area contributed by atoms with Crippen molar-refractivity contribution < 1.29 is 9.30 Å². The van der Waals surface area contributed by atoms with Gasteiger partial charge in [0.05, 0.1) is 5.56 Å². The number of rotatable bonds is 1. The fourth-order valence-corrected chi connectivity index (χ4v) is 4.32. The van der Waals surface area contributed by atoms with Gasteiger partial charge in [-0.15, -0.1) is 0 Å². The molecule has 0 fully saturated rings. The lowest BCUT2D eigenvalue weighted by molar-refractivity contribution is -0.634. The van der Waals surface area contributed by atoms with Crippen molar-refractivity contribution in [1.29, 1.82) is 0 Å². The lowest BCUT2D eigenvalue weighted by atomic mass is 9.91. The molecule has 5 rings (SSSR count). The van der Waals surface area contributed by atoms with Crippen LogP contribution in [-0.2, 0) is 7.05 Å². The highest BCUT2D eigenvalue weighted by Crippen LogP contribution is 2.47. The van der Waals surface area contributed by atoms with Crippen molar-refractivity contribution in [3.05, 3.63) is 59.2 Å². The topological polar surface area (TPSA) is 26.0 Å². The largest absolute Gasteiger partial charge is 0.433 e. The third-order valence-electron chi connectivity index (χ3n) is 5.87. The summed E-state index contributed by atoms with van der Waals surface area (Å²) in [6.07, 6.45) is 0. The van der Waals surface area contributed by atoms with Gasteiger partial charge in [-0.2, -0.15) is 4.57 Å². The van der Waals surface area contributed by atoms with E-state index in [1.54, 1.807) is 0 Å². The van der Waals surface area contributed by atoms with E-state index in [4.69, 9.17) is 9.72 Å². The highest BCUT2D eigenvalue weighted by atomic mass is 16.5. The van der Waals surface area contributed by atoms with E-state index in [0.29, 0.717) is 11.8 Å². The van der Waals surface area contributed by atoms with E-state index >= 15 is 0 Å². The van der Waals surface area contributed by atoms with Gasteiger partial charge in [0.2, 0.25) is 5.52 Å². The minimum Gasteiger partial charge on any atom is -0.433 e. The molecule has 3 nitrogen and oxygen atoms in total. The first-order valence-corrected chi connectivity index (χ1v) is 9.51. The van der Waals surface area contributed by atoms with Crippen molar-refractivity contribution in [3.63, 3.8) is 0 Å². The van der Waals surface area contributed by atoms with Crippen molar-refractivity contribution in [2.75, 3.05) is 0 Å². The Labute approximate surface area is 159 Å². The molecule has 0 saturated heterocycles. The maximum atomic E-state index is 6.34. The zero-order chi connectivity index (χ0) is 18.9. The van der Waals surface area contributed by atoms with E-state index in [9.17, 15) is 0 Å². The Morgan fingerprint density at radius 2 is 1.81 bits per heavy atom.